The topological polar surface area (TPSA) is 68.9 Å². The van der Waals surface area contributed by atoms with Crippen LogP contribution in [-0.4, -0.2) is 26.3 Å². The number of carbonyl (C=O) groups is 1. The molecule has 5 rings (SSSR count). The highest BCUT2D eigenvalue weighted by Crippen LogP contribution is 2.27. The number of benzene rings is 3. The van der Waals surface area contributed by atoms with Crippen molar-refractivity contribution in [1.82, 2.24) is 19.7 Å². The molecule has 2 aromatic heterocycles. The van der Waals surface area contributed by atoms with E-state index in [4.69, 9.17) is 0 Å². The van der Waals surface area contributed by atoms with Crippen LogP contribution in [0.5, 0.6) is 0 Å². The number of nitrogens with zero attached hydrogens (tertiary/aromatic N) is 3. The van der Waals surface area contributed by atoms with Crippen molar-refractivity contribution >= 4 is 27.7 Å². The summed E-state index contributed by atoms with van der Waals surface area (Å²) < 4.78 is 16.6. The van der Waals surface area contributed by atoms with Crippen LogP contribution in [0.25, 0.3) is 21.8 Å². The Hall–Kier alpha value is -4.26. The maximum atomic E-state index is 13.6. The van der Waals surface area contributed by atoms with Gasteiger partial charge in [-0.2, -0.15) is 5.10 Å². The number of fused-ring (bicyclic) bond motifs is 3. The maximum absolute atomic E-state index is 13.6. The van der Waals surface area contributed by atoms with Crippen molar-refractivity contribution in [2.24, 2.45) is 0 Å². The van der Waals surface area contributed by atoms with Gasteiger partial charge < -0.3 is 9.88 Å². The van der Waals surface area contributed by atoms with Crippen molar-refractivity contribution in [3.63, 3.8) is 0 Å². The smallest absolute Gasteiger partial charge is 0.291 e. The largest absolute Gasteiger partial charge is 0.351 e. The van der Waals surface area contributed by atoms with E-state index in [0.29, 0.717) is 12.1 Å². The predicted octanol–water partition coefficient (Wildman–Crippen LogP) is 4.68. The number of carbonyl (C=O) groups excluding carboxylic acids is 1. The molecule has 1 atom stereocenters. The minimum Gasteiger partial charge on any atom is -0.351 e. The minimum absolute atomic E-state index is 0.0377. The van der Waals surface area contributed by atoms with Gasteiger partial charge >= 0.3 is 0 Å². The molecule has 3 aromatic carbocycles. The van der Waals surface area contributed by atoms with Gasteiger partial charge in [-0.15, -0.1) is 0 Å². The van der Waals surface area contributed by atoms with Crippen LogP contribution in [0.15, 0.2) is 89.9 Å². The second kappa shape index (κ2) is 10.2. The molecule has 182 valence electrons. The van der Waals surface area contributed by atoms with Gasteiger partial charge in [-0.25, -0.2) is 9.07 Å². The second-order valence-electron chi connectivity index (χ2n) is 8.96. The third-order valence-corrected chi connectivity index (χ3v) is 6.50. The fourth-order valence-corrected chi connectivity index (χ4v) is 4.65. The van der Waals surface area contributed by atoms with Gasteiger partial charge in [0.25, 0.3) is 5.56 Å². The lowest BCUT2D eigenvalue weighted by molar-refractivity contribution is -0.122. The van der Waals surface area contributed by atoms with E-state index in [2.05, 4.69) is 10.4 Å². The van der Waals surface area contributed by atoms with Crippen molar-refractivity contribution < 1.29 is 9.18 Å². The van der Waals surface area contributed by atoms with Crippen LogP contribution in [0.3, 0.4) is 0 Å². The van der Waals surface area contributed by atoms with Crippen LogP contribution < -0.4 is 10.9 Å². The van der Waals surface area contributed by atoms with Crippen LogP contribution in [0.2, 0.25) is 0 Å². The van der Waals surface area contributed by atoms with Gasteiger partial charge in [0.1, 0.15) is 17.9 Å². The van der Waals surface area contributed by atoms with Gasteiger partial charge in [0.05, 0.1) is 6.20 Å². The monoisotopic (exact) mass is 482 g/mol. The number of rotatable bonds is 8. The zero-order valence-electron chi connectivity index (χ0n) is 20.0. The number of aromatic nitrogens is 3. The molecule has 0 unspecified atom stereocenters. The highest BCUT2D eigenvalue weighted by Gasteiger charge is 2.18. The first-order valence-electron chi connectivity index (χ1n) is 12.1. The zero-order chi connectivity index (χ0) is 25.1. The Bertz CT molecular complexity index is 1570. The molecule has 5 aromatic rings. The summed E-state index contributed by atoms with van der Waals surface area (Å²) in [4.78, 5) is 26.5. The fourth-order valence-electron chi connectivity index (χ4n) is 4.65. The molecule has 0 bridgehead atoms. The number of hydrogen-bond acceptors (Lipinski definition) is 3. The molecule has 0 aliphatic carbocycles. The van der Waals surface area contributed by atoms with Crippen molar-refractivity contribution in [1.29, 1.82) is 0 Å². The molecule has 0 aliphatic rings. The lowest BCUT2D eigenvalue weighted by Gasteiger charge is -2.17. The molecular formula is C29H27FN4O2. The van der Waals surface area contributed by atoms with Crippen molar-refractivity contribution in [2.75, 3.05) is 0 Å². The molecule has 36 heavy (non-hydrogen) atoms. The summed E-state index contributed by atoms with van der Waals surface area (Å²) in [6.07, 6.45) is 3.14. The van der Waals surface area contributed by atoms with E-state index in [1.807, 2.05) is 66.1 Å². The first-order chi connectivity index (χ1) is 17.5. The van der Waals surface area contributed by atoms with Gasteiger partial charge in [-0.1, -0.05) is 67.6 Å². The summed E-state index contributed by atoms with van der Waals surface area (Å²) in [7, 11) is 0. The Morgan fingerprint density at radius 1 is 0.944 bits per heavy atom. The van der Waals surface area contributed by atoms with Crippen LogP contribution in [0, 0.1) is 5.82 Å². The van der Waals surface area contributed by atoms with Crippen LogP contribution in [0.4, 0.5) is 4.39 Å². The predicted molar refractivity (Wildman–Crippen MR) is 139 cm³/mol. The lowest BCUT2D eigenvalue weighted by atomic mass is 10.0. The molecule has 6 nitrogen and oxygen atoms in total. The normalized spacial score (nSPS) is 12.2. The first-order valence-corrected chi connectivity index (χ1v) is 12.1. The van der Waals surface area contributed by atoms with Crippen molar-refractivity contribution in [2.45, 2.75) is 38.9 Å². The Labute approximate surface area is 208 Å². The van der Waals surface area contributed by atoms with E-state index < -0.39 is 0 Å². The third-order valence-electron chi connectivity index (χ3n) is 6.50. The quantitative estimate of drug-likeness (QED) is 0.349. The zero-order valence-corrected chi connectivity index (χ0v) is 20.0. The third kappa shape index (κ3) is 4.77. The van der Waals surface area contributed by atoms with Gasteiger partial charge in [-0.05, 0) is 42.2 Å². The molecule has 0 spiro atoms. The van der Waals surface area contributed by atoms with Crippen molar-refractivity contribution in [3.8, 4) is 0 Å². The van der Waals surface area contributed by atoms with E-state index in [0.717, 1.165) is 40.3 Å². The molecule has 0 radical (unpaired) electrons. The van der Waals surface area contributed by atoms with Crippen molar-refractivity contribution in [3.05, 3.63) is 112 Å². The van der Waals surface area contributed by atoms with Gasteiger partial charge in [0.15, 0.2) is 0 Å². The Morgan fingerprint density at radius 3 is 2.42 bits per heavy atom. The van der Waals surface area contributed by atoms with Crippen LogP contribution in [-0.2, 0) is 24.3 Å². The van der Waals surface area contributed by atoms with Crippen LogP contribution in [0.1, 0.15) is 24.5 Å². The van der Waals surface area contributed by atoms with Gasteiger partial charge in [-0.3, -0.25) is 9.59 Å². The SMILES string of the molecule is CC[C@@H](Cc1ccccc1)NC(=O)Cn1ncc2c3ccccc3n(Cc3ccc(F)cc3)c2c1=O. The summed E-state index contributed by atoms with van der Waals surface area (Å²) in [6, 6.07) is 23.9. The summed E-state index contributed by atoms with van der Waals surface area (Å²) in [5, 5.41) is 9.00. The average molecular weight is 483 g/mol. The number of para-hydroxylation sites is 1. The molecule has 0 saturated carbocycles. The highest BCUT2D eigenvalue weighted by molar-refractivity contribution is 6.07. The summed E-state index contributed by atoms with van der Waals surface area (Å²) in [6.45, 7) is 2.25. The number of amides is 1. The lowest BCUT2D eigenvalue weighted by Crippen LogP contribution is -2.40. The molecular weight excluding hydrogens is 455 g/mol. The van der Waals surface area contributed by atoms with E-state index in [-0.39, 0.29) is 29.9 Å². The van der Waals surface area contributed by atoms with E-state index in [9.17, 15) is 14.0 Å². The van der Waals surface area contributed by atoms with E-state index in [1.165, 1.54) is 16.8 Å². The van der Waals surface area contributed by atoms with Gasteiger partial charge in [0.2, 0.25) is 5.91 Å². The summed E-state index contributed by atoms with van der Waals surface area (Å²) in [5.74, 6) is -0.566. The Balaban J connectivity index is 1.46. The average Bonchev–Trinajstić information content (AvgIpc) is 3.21. The van der Waals surface area contributed by atoms with E-state index in [1.54, 1.807) is 18.3 Å². The summed E-state index contributed by atoms with van der Waals surface area (Å²) >= 11 is 0. The number of halogens is 1. The second-order valence-corrected chi connectivity index (χ2v) is 8.96. The Morgan fingerprint density at radius 2 is 1.67 bits per heavy atom. The van der Waals surface area contributed by atoms with E-state index >= 15 is 0 Å². The van der Waals surface area contributed by atoms with Gasteiger partial charge in [0, 0.05) is 28.9 Å². The molecule has 0 fully saturated rings. The molecule has 2 heterocycles. The molecule has 0 saturated heterocycles. The molecule has 1 amide bonds. The molecule has 7 heteroatoms. The maximum Gasteiger partial charge on any atom is 0.291 e. The molecule has 1 N–H and O–H groups in total. The van der Waals surface area contributed by atoms with Crippen LogP contribution >= 0.6 is 0 Å². The summed E-state index contributed by atoms with van der Waals surface area (Å²) in [5.41, 5.74) is 3.03. The number of nitrogens with one attached hydrogen (secondary N) is 1. The highest BCUT2D eigenvalue weighted by atomic mass is 19.1. The minimum atomic E-state index is -0.336. The number of hydrogen-bond donors (Lipinski definition) is 1. The fraction of sp³-hybridized carbons (Fsp3) is 0.207. The molecule has 0 aliphatic heterocycles. The first kappa shape index (κ1) is 23.5. The Kier molecular flexibility index (Phi) is 6.62. The standard InChI is InChI=1S/C29H27FN4O2/c1-2-23(16-20-8-4-3-5-9-20)32-27(35)19-34-29(36)28-25(17-31-34)24-10-6-7-11-26(24)33(28)18-21-12-14-22(30)15-13-21/h3-15,17,23H,2,16,18-19H2,1H3,(H,32,35)/t23-/m0/s1.